The van der Waals surface area contributed by atoms with Crippen LogP contribution in [0.15, 0.2) is 24.9 Å². The number of fused-ring (bicyclic) bond motifs is 3. The average molecular weight is 257 g/mol. The first-order valence-corrected chi connectivity index (χ1v) is 6.61. The van der Waals surface area contributed by atoms with Gasteiger partial charge in [0.1, 0.15) is 18.3 Å². The molecule has 2 bridgehead atoms. The van der Waals surface area contributed by atoms with Gasteiger partial charge in [-0.2, -0.15) is 0 Å². The highest BCUT2D eigenvalue weighted by Gasteiger charge is 2.40. The number of nitrogens with one attached hydrogen (secondary N) is 2. The third-order valence-electron chi connectivity index (χ3n) is 4.18. The van der Waals surface area contributed by atoms with Crippen LogP contribution in [0.4, 0.5) is 0 Å². The number of nitrogens with zero attached hydrogens (tertiary/aromatic N) is 3. The van der Waals surface area contributed by atoms with Gasteiger partial charge in [-0.1, -0.05) is 0 Å². The molecular formula is C13H15N5O. The van der Waals surface area contributed by atoms with E-state index in [9.17, 15) is 4.79 Å². The number of carbonyl (C=O) groups excluding carboxylic acids is 1. The molecule has 1 saturated heterocycles. The van der Waals surface area contributed by atoms with Gasteiger partial charge in [0.05, 0.1) is 11.7 Å². The standard InChI is InChI=1S/C13H15N5O/c19-13(17-11-2-8-1-10(11)15-4-8)12-3-9-5-14-6-18(9)7-16-12/h3,5-8,10-11,15H,1-2,4H2,(H,17,19)/t8-,10-,11+/m0/s1. The number of aromatic nitrogens is 3. The van der Waals surface area contributed by atoms with Crippen LogP contribution in [-0.4, -0.2) is 38.9 Å². The van der Waals surface area contributed by atoms with Crippen molar-refractivity contribution >= 4 is 11.4 Å². The van der Waals surface area contributed by atoms with Gasteiger partial charge in [0.2, 0.25) is 0 Å². The van der Waals surface area contributed by atoms with E-state index in [1.807, 2.05) is 0 Å². The first kappa shape index (κ1) is 10.9. The van der Waals surface area contributed by atoms with Crippen LogP contribution in [0.5, 0.6) is 0 Å². The molecule has 2 aliphatic rings. The van der Waals surface area contributed by atoms with Gasteiger partial charge >= 0.3 is 0 Å². The molecule has 2 fully saturated rings. The molecule has 6 nitrogen and oxygen atoms in total. The summed E-state index contributed by atoms with van der Waals surface area (Å²) in [5, 5.41) is 6.53. The summed E-state index contributed by atoms with van der Waals surface area (Å²) < 4.78 is 1.79. The van der Waals surface area contributed by atoms with Gasteiger partial charge in [-0.25, -0.2) is 9.97 Å². The Morgan fingerprint density at radius 2 is 2.37 bits per heavy atom. The molecule has 1 saturated carbocycles. The second-order valence-electron chi connectivity index (χ2n) is 5.43. The Kier molecular flexibility index (Phi) is 2.32. The number of rotatable bonds is 2. The van der Waals surface area contributed by atoms with Crippen LogP contribution in [0, 0.1) is 5.92 Å². The highest BCUT2D eigenvalue weighted by Crippen LogP contribution is 2.31. The minimum Gasteiger partial charge on any atom is -0.346 e. The van der Waals surface area contributed by atoms with Crippen LogP contribution in [0.1, 0.15) is 23.3 Å². The maximum Gasteiger partial charge on any atom is 0.270 e. The molecular weight excluding hydrogens is 242 g/mol. The topological polar surface area (TPSA) is 71.3 Å². The quantitative estimate of drug-likeness (QED) is 0.807. The summed E-state index contributed by atoms with van der Waals surface area (Å²) in [6.45, 7) is 1.09. The highest BCUT2D eigenvalue weighted by atomic mass is 16.2. The molecule has 4 rings (SSSR count). The monoisotopic (exact) mass is 257 g/mol. The second-order valence-corrected chi connectivity index (χ2v) is 5.43. The van der Waals surface area contributed by atoms with Gasteiger partial charge in [0, 0.05) is 12.1 Å². The fourth-order valence-electron chi connectivity index (χ4n) is 3.20. The normalized spacial score (nSPS) is 28.9. The molecule has 98 valence electrons. The zero-order chi connectivity index (χ0) is 12.8. The van der Waals surface area contributed by atoms with Gasteiger partial charge in [-0.3, -0.25) is 9.20 Å². The molecule has 3 heterocycles. The van der Waals surface area contributed by atoms with Crippen molar-refractivity contribution in [3.8, 4) is 0 Å². The maximum atomic E-state index is 12.2. The summed E-state index contributed by atoms with van der Waals surface area (Å²) in [5.74, 6) is 0.628. The smallest absolute Gasteiger partial charge is 0.270 e. The number of hydrogen-bond donors (Lipinski definition) is 2. The van der Waals surface area contributed by atoms with Gasteiger partial charge < -0.3 is 10.6 Å². The van der Waals surface area contributed by atoms with E-state index in [1.165, 1.54) is 6.42 Å². The SMILES string of the molecule is O=C(N[C@@H]1C[C@H]2CN[C@H]1C2)c1cc2cncn2cn1. The van der Waals surface area contributed by atoms with Crippen molar-refractivity contribution < 1.29 is 4.79 Å². The molecule has 1 aliphatic heterocycles. The van der Waals surface area contributed by atoms with Crippen LogP contribution in [0.2, 0.25) is 0 Å². The Morgan fingerprint density at radius 1 is 1.42 bits per heavy atom. The fourth-order valence-corrected chi connectivity index (χ4v) is 3.20. The summed E-state index contributed by atoms with van der Waals surface area (Å²) in [5.41, 5.74) is 1.34. The van der Waals surface area contributed by atoms with Gasteiger partial charge in [-0.05, 0) is 31.4 Å². The van der Waals surface area contributed by atoms with E-state index in [0.29, 0.717) is 11.7 Å². The predicted molar refractivity (Wildman–Crippen MR) is 68.8 cm³/mol. The molecule has 0 spiro atoms. The molecule has 0 unspecified atom stereocenters. The van der Waals surface area contributed by atoms with Crippen LogP contribution < -0.4 is 10.6 Å². The van der Waals surface area contributed by atoms with E-state index in [2.05, 4.69) is 20.6 Å². The van der Waals surface area contributed by atoms with Crippen LogP contribution in [-0.2, 0) is 0 Å². The molecule has 2 N–H and O–H groups in total. The Hall–Kier alpha value is -1.95. The van der Waals surface area contributed by atoms with E-state index in [1.54, 1.807) is 29.3 Å². The van der Waals surface area contributed by atoms with Gasteiger partial charge in [-0.15, -0.1) is 0 Å². The van der Waals surface area contributed by atoms with E-state index in [4.69, 9.17) is 0 Å². The van der Waals surface area contributed by atoms with Crippen molar-refractivity contribution in [2.45, 2.75) is 24.9 Å². The zero-order valence-electron chi connectivity index (χ0n) is 10.4. The number of piperidine rings is 1. The number of carbonyl (C=O) groups is 1. The Bertz CT molecular complexity index is 637. The first-order valence-electron chi connectivity index (χ1n) is 6.61. The fraction of sp³-hybridized carbons (Fsp3) is 0.462. The Morgan fingerprint density at radius 3 is 3.16 bits per heavy atom. The first-order chi connectivity index (χ1) is 9.29. The summed E-state index contributed by atoms with van der Waals surface area (Å²) in [7, 11) is 0. The Balaban J connectivity index is 1.53. The summed E-state index contributed by atoms with van der Waals surface area (Å²) in [6.07, 6.45) is 7.27. The van der Waals surface area contributed by atoms with Crippen molar-refractivity contribution in [2.75, 3.05) is 6.54 Å². The number of amides is 1. The summed E-state index contributed by atoms with van der Waals surface area (Å²) >= 11 is 0. The lowest BCUT2D eigenvalue weighted by molar-refractivity contribution is 0.0923. The van der Waals surface area contributed by atoms with Gasteiger partial charge in [0.15, 0.2) is 0 Å². The van der Waals surface area contributed by atoms with Crippen molar-refractivity contribution in [3.63, 3.8) is 0 Å². The molecule has 1 aliphatic carbocycles. The predicted octanol–water partition coefficient (Wildman–Crippen LogP) is 0.209. The molecule has 19 heavy (non-hydrogen) atoms. The summed E-state index contributed by atoms with van der Waals surface area (Å²) in [4.78, 5) is 20.4. The van der Waals surface area contributed by atoms with E-state index in [-0.39, 0.29) is 11.9 Å². The van der Waals surface area contributed by atoms with Crippen molar-refractivity contribution in [1.29, 1.82) is 0 Å². The van der Waals surface area contributed by atoms with Crippen LogP contribution in [0.25, 0.3) is 5.52 Å². The van der Waals surface area contributed by atoms with Gasteiger partial charge in [0.25, 0.3) is 5.91 Å². The minimum atomic E-state index is -0.0944. The molecule has 0 radical (unpaired) electrons. The van der Waals surface area contributed by atoms with Crippen LogP contribution in [0.3, 0.4) is 0 Å². The van der Waals surface area contributed by atoms with Crippen LogP contribution >= 0.6 is 0 Å². The van der Waals surface area contributed by atoms with Crippen molar-refractivity contribution in [2.24, 2.45) is 5.92 Å². The molecule has 6 heteroatoms. The lowest BCUT2D eigenvalue weighted by atomic mass is 10.1. The molecule has 2 aromatic heterocycles. The zero-order valence-corrected chi connectivity index (χ0v) is 10.4. The van der Waals surface area contributed by atoms with E-state index >= 15 is 0 Å². The molecule has 2 aromatic rings. The maximum absolute atomic E-state index is 12.2. The number of imidazole rings is 1. The highest BCUT2D eigenvalue weighted by molar-refractivity contribution is 5.93. The van der Waals surface area contributed by atoms with Crippen molar-refractivity contribution in [3.05, 3.63) is 30.6 Å². The number of hydrogen-bond acceptors (Lipinski definition) is 4. The third-order valence-corrected chi connectivity index (χ3v) is 4.18. The average Bonchev–Trinajstić information content (AvgIpc) is 3.13. The summed E-state index contributed by atoms with van der Waals surface area (Å²) in [6, 6.07) is 2.45. The molecule has 3 atom stereocenters. The molecule has 0 aromatic carbocycles. The lowest BCUT2D eigenvalue weighted by Gasteiger charge is -2.23. The largest absolute Gasteiger partial charge is 0.346 e. The Labute approximate surface area is 110 Å². The lowest BCUT2D eigenvalue weighted by Crippen LogP contribution is -2.48. The van der Waals surface area contributed by atoms with E-state index < -0.39 is 0 Å². The third kappa shape index (κ3) is 1.79. The second kappa shape index (κ2) is 4.03. The van der Waals surface area contributed by atoms with E-state index in [0.717, 1.165) is 24.4 Å². The van der Waals surface area contributed by atoms with Crippen molar-refractivity contribution in [1.82, 2.24) is 25.0 Å². The molecule has 1 amide bonds. The minimum absolute atomic E-state index is 0.0944.